The van der Waals surface area contributed by atoms with Crippen LogP contribution in [0.15, 0.2) is 0 Å². The molecular formula is C14H24N2. The fourth-order valence-corrected chi connectivity index (χ4v) is 2.69. The Labute approximate surface area is 99.8 Å². The monoisotopic (exact) mass is 220 g/mol. The molecular weight excluding hydrogens is 196 g/mol. The standard InChI is InChI=1S/C14H24N2/c1-4-5-8-16-10-13(12-6-7-12)15-9-14(16)11(2)3/h11-15H,6-10H2,1-3H3. The van der Waals surface area contributed by atoms with Crippen molar-refractivity contribution in [1.29, 1.82) is 0 Å². The van der Waals surface area contributed by atoms with Gasteiger partial charge in [0.2, 0.25) is 0 Å². The normalized spacial score (nSPS) is 31.2. The molecule has 16 heavy (non-hydrogen) atoms. The Morgan fingerprint density at radius 3 is 2.69 bits per heavy atom. The highest BCUT2D eigenvalue weighted by Gasteiger charge is 2.37. The predicted octanol–water partition coefficient (Wildman–Crippen LogP) is 1.72. The molecule has 2 rings (SSSR count). The molecule has 1 saturated carbocycles. The van der Waals surface area contributed by atoms with Crippen LogP contribution in [-0.2, 0) is 0 Å². The summed E-state index contributed by atoms with van der Waals surface area (Å²) in [6.07, 6.45) is 2.86. The Morgan fingerprint density at radius 1 is 1.38 bits per heavy atom. The zero-order valence-corrected chi connectivity index (χ0v) is 10.8. The Hall–Kier alpha value is -0.520. The minimum atomic E-state index is 0.663. The van der Waals surface area contributed by atoms with Gasteiger partial charge in [0.25, 0.3) is 0 Å². The Kier molecular flexibility index (Phi) is 3.89. The van der Waals surface area contributed by atoms with Crippen LogP contribution in [0.1, 0.15) is 33.6 Å². The second-order valence-electron chi connectivity index (χ2n) is 5.52. The van der Waals surface area contributed by atoms with Crippen molar-refractivity contribution in [2.75, 3.05) is 19.6 Å². The van der Waals surface area contributed by atoms with Crippen molar-refractivity contribution in [1.82, 2.24) is 10.2 Å². The molecule has 0 aromatic carbocycles. The van der Waals surface area contributed by atoms with Crippen molar-refractivity contribution in [3.8, 4) is 11.8 Å². The maximum Gasteiger partial charge on any atom is 0.0604 e. The Morgan fingerprint density at radius 2 is 2.12 bits per heavy atom. The molecule has 90 valence electrons. The van der Waals surface area contributed by atoms with E-state index in [4.69, 9.17) is 0 Å². The zero-order valence-electron chi connectivity index (χ0n) is 10.8. The fourth-order valence-electron chi connectivity index (χ4n) is 2.69. The van der Waals surface area contributed by atoms with Crippen LogP contribution in [0, 0.1) is 23.7 Å². The van der Waals surface area contributed by atoms with Gasteiger partial charge in [-0.05, 0) is 31.6 Å². The van der Waals surface area contributed by atoms with Crippen molar-refractivity contribution in [2.45, 2.75) is 45.7 Å². The van der Waals surface area contributed by atoms with E-state index in [0.29, 0.717) is 12.0 Å². The molecule has 1 saturated heterocycles. The summed E-state index contributed by atoms with van der Waals surface area (Å²) in [4.78, 5) is 2.58. The summed E-state index contributed by atoms with van der Waals surface area (Å²) in [6.45, 7) is 9.86. The lowest BCUT2D eigenvalue weighted by Gasteiger charge is -2.41. The summed E-state index contributed by atoms with van der Waals surface area (Å²) in [7, 11) is 0. The SMILES string of the molecule is CC#CCN1CC(C2CC2)NCC1C(C)C. The highest BCUT2D eigenvalue weighted by atomic mass is 15.2. The van der Waals surface area contributed by atoms with Crippen molar-refractivity contribution in [2.24, 2.45) is 11.8 Å². The third-order valence-electron chi connectivity index (χ3n) is 3.91. The zero-order chi connectivity index (χ0) is 11.5. The molecule has 0 aromatic rings. The van der Waals surface area contributed by atoms with Gasteiger partial charge in [0, 0.05) is 25.2 Å². The molecule has 1 heterocycles. The van der Waals surface area contributed by atoms with Crippen LogP contribution in [0.4, 0.5) is 0 Å². The van der Waals surface area contributed by atoms with Crippen LogP contribution in [0.2, 0.25) is 0 Å². The van der Waals surface area contributed by atoms with Gasteiger partial charge in [-0.2, -0.15) is 0 Å². The van der Waals surface area contributed by atoms with E-state index in [1.165, 1.54) is 19.4 Å². The fraction of sp³-hybridized carbons (Fsp3) is 0.857. The Bertz CT molecular complexity index is 283. The van der Waals surface area contributed by atoms with Gasteiger partial charge in [0.1, 0.15) is 0 Å². The molecule has 2 nitrogen and oxygen atoms in total. The largest absolute Gasteiger partial charge is 0.311 e. The second kappa shape index (κ2) is 5.21. The molecule has 2 fully saturated rings. The summed E-state index contributed by atoms with van der Waals surface area (Å²) in [5.41, 5.74) is 0. The number of nitrogens with zero attached hydrogens (tertiary/aromatic N) is 1. The van der Waals surface area contributed by atoms with Crippen molar-refractivity contribution >= 4 is 0 Å². The minimum Gasteiger partial charge on any atom is -0.311 e. The topological polar surface area (TPSA) is 15.3 Å². The molecule has 2 unspecified atom stereocenters. The van der Waals surface area contributed by atoms with Gasteiger partial charge in [-0.15, -0.1) is 5.92 Å². The number of rotatable bonds is 3. The van der Waals surface area contributed by atoms with Crippen LogP contribution < -0.4 is 5.32 Å². The number of piperazine rings is 1. The minimum absolute atomic E-state index is 0.663. The van der Waals surface area contributed by atoms with E-state index in [1.54, 1.807) is 0 Å². The molecule has 0 amide bonds. The first-order valence-electron chi connectivity index (χ1n) is 6.59. The lowest BCUT2D eigenvalue weighted by atomic mass is 9.97. The van der Waals surface area contributed by atoms with Crippen LogP contribution in [0.25, 0.3) is 0 Å². The molecule has 1 N–H and O–H groups in total. The quantitative estimate of drug-likeness (QED) is 0.729. The van der Waals surface area contributed by atoms with Crippen molar-refractivity contribution in [3.05, 3.63) is 0 Å². The molecule has 2 heteroatoms. The molecule has 2 atom stereocenters. The van der Waals surface area contributed by atoms with Crippen LogP contribution in [-0.4, -0.2) is 36.6 Å². The number of hydrogen-bond acceptors (Lipinski definition) is 2. The van der Waals surface area contributed by atoms with Gasteiger partial charge in [-0.25, -0.2) is 0 Å². The van der Waals surface area contributed by atoms with E-state index < -0.39 is 0 Å². The number of nitrogens with one attached hydrogen (secondary N) is 1. The lowest BCUT2D eigenvalue weighted by Crippen LogP contribution is -2.58. The van der Waals surface area contributed by atoms with Gasteiger partial charge in [0.15, 0.2) is 0 Å². The average molecular weight is 220 g/mol. The van der Waals surface area contributed by atoms with E-state index >= 15 is 0 Å². The third-order valence-corrected chi connectivity index (χ3v) is 3.91. The van der Waals surface area contributed by atoms with E-state index in [0.717, 1.165) is 25.0 Å². The second-order valence-corrected chi connectivity index (χ2v) is 5.52. The first-order chi connectivity index (χ1) is 7.72. The maximum absolute atomic E-state index is 3.73. The first kappa shape index (κ1) is 12.0. The van der Waals surface area contributed by atoms with Gasteiger partial charge < -0.3 is 5.32 Å². The molecule has 0 spiro atoms. The Balaban J connectivity index is 1.95. The average Bonchev–Trinajstić information content (AvgIpc) is 3.09. The van der Waals surface area contributed by atoms with Gasteiger partial charge in [-0.1, -0.05) is 19.8 Å². The summed E-state index contributed by atoms with van der Waals surface area (Å²) < 4.78 is 0. The molecule has 0 radical (unpaired) electrons. The van der Waals surface area contributed by atoms with Crippen molar-refractivity contribution in [3.63, 3.8) is 0 Å². The third kappa shape index (κ3) is 2.78. The number of hydrogen-bond donors (Lipinski definition) is 1. The molecule has 1 aliphatic heterocycles. The highest BCUT2D eigenvalue weighted by molar-refractivity contribution is 5.02. The molecule has 2 aliphatic rings. The van der Waals surface area contributed by atoms with Crippen LogP contribution in [0.5, 0.6) is 0 Å². The summed E-state index contributed by atoms with van der Waals surface area (Å²) in [5, 5.41) is 3.73. The van der Waals surface area contributed by atoms with E-state index in [2.05, 4.69) is 35.9 Å². The van der Waals surface area contributed by atoms with E-state index in [-0.39, 0.29) is 0 Å². The molecule has 0 aromatic heterocycles. The maximum atomic E-state index is 3.73. The summed E-state index contributed by atoms with van der Waals surface area (Å²) in [6, 6.07) is 1.39. The highest BCUT2D eigenvalue weighted by Crippen LogP contribution is 2.34. The predicted molar refractivity (Wildman–Crippen MR) is 68.2 cm³/mol. The summed E-state index contributed by atoms with van der Waals surface area (Å²) >= 11 is 0. The van der Waals surface area contributed by atoms with Crippen LogP contribution in [0.3, 0.4) is 0 Å². The first-order valence-corrected chi connectivity index (χ1v) is 6.59. The van der Waals surface area contributed by atoms with Crippen molar-refractivity contribution < 1.29 is 0 Å². The molecule has 0 bridgehead atoms. The summed E-state index contributed by atoms with van der Waals surface area (Å²) in [5.74, 6) is 7.92. The van der Waals surface area contributed by atoms with E-state index in [9.17, 15) is 0 Å². The van der Waals surface area contributed by atoms with Gasteiger partial charge >= 0.3 is 0 Å². The lowest BCUT2D eigenvalue weighted by molar-refractivity contribution is 0.107. The van der Waals surface area contributed by atoms with Gasteiger partial charge in [-0.3, -0.25) is 4.90 Å². The molecule has 1 aliphatic carbocycles. The van der Waals surface area contributed by atoms with Crippen LogP contribution >= 0.6 is 0 Å². The van der Waals surface area contributed by atoms with Gasteiger partial charge in [0.05, 0.1) is 6.54 Å². The van der Waals surface area contributed by atoms with E-state index in [1.807, 2.05) is 6.92 Å². The smallest absolute Gasteiger partial charge is 0.0604 e.